The molecule has 0 heterocycles. The van der Waals surface area contributed by atoms with Gasteiger partial charge in [0.15, 0.2) is 0 Å². The van der Waals surface area contributed by atoms with Crippen LogP contribution in [0.25, 0.3) is 0 Å². The molecule has 0 fully saturated rings. The molecule has 0 unspecified atom stereocenters. The average Bonchev–Trinajstić information content (AvgIpc) is 2.81. The molecule has 5 N–H and O–H groups in total. The minimum atomic E-state index is -0.299. The number of carbonyl (C=O) groups excluding carboxylic acids is 1. The number of nitrogen functional groups attached to an aromatic ring is 2. The molecule has 0 radical (unpaired) electrons. The van der Waals surface area contributed by atoms with Crippen molar-refractivity contribution < 1.29 is 9.53 Å². The summed E-state index contributed by atoms with van der Waals surface area (Å²) < 4.78 is 6.43. The average molecular weight is 460 g/mol. The fraction of sp³-hybridized carbons (Fsp3) is 0.345. The quantitative estimate of drug-likeness (QED) is 0.309. The third-order valence-corrected chi connectivity index (χ3v) is 6.89. The molecular formula is C29H37N3O2. The van der Waals surface area contributed by atoms with Crippen LogP contribution < -0.4 is 21.5 Å². The molecule has 1 amide bonds. The Morgan fingerprint density at radius 1 is 0.794 bits per heavy atom. The molecule has 3 aromatic rings. The van der Waals surface area contributed by atoms with Crippen molar-refractivity contribution in [3.05, 3.63) is 77.4 Å². The van der Waals surface area contributed by atoms with Crippen molar-refractivity contribution in [1.82, 2.24) is 0 Å². The van der Waals surface area contributed by atoms with E-state index in [1.165, 1.54) is 5.56 Å². The molecule has 0 bridgehead atoms. The van der Waals surface area contributed by atoms with Gasteiger partial charge in [-0.25, -0.2) is 0 Å². The smallest absolute Gasteiger partial charge is 0.259 e. The molecule has 5 nitrogen and oxygen atoms in total. The van der Waals surface area contributed by atoms with Gasteiger partial charge in [0.2, 0.25) is 0 Å². The summed E-state index contributed by atoms with van der Waals surface area (Å²) in [5.74, 6) is 0.902. The fourth-order valence-corrected chi connectivity index (χ4v) is 3.66. The molecule has 0 aromatic heterocycles. The summed E-state index contributed by atoms with van der Waals surface area (Å²) in [7, 11) is 0. The van der Waals surface area contributed by atoms with E-state index in [0.29, 0.717) is 28.4 Å². The second-order valence-electron chi connectivity index (χ2n) is 10.1. The van der Waals surface area contributed by atoms with E-state index in [2.05, 4.69) is 59.0 Å². The van der Waals surface area contributed by atoms with Crippen LogP contribution in [0.4, 0.5) is 17.1 Å². The Balaban J connectivity index is 2.02. The number of benzene rings is 3. The Kier molecular flexibility index (Phi) is 7.25. The zero-order valence-electron chi connectivity index (χ0n) is 21.2. The first kappa shape index (κ1) is 25.2. The molecule has 5 heteroatoms. The highest BCUT2D eigenvalue weighted by molar-refractivity contribution is 6.06. The Morgan fingerprint density at radius 3 is 2.00 bits per heavy atom. The molecule has 3 aromatic carbocycles. The van der Waals surface area contributed by atoms with Gasteiger partial charge in [0.25, 0.3) is 5.91 Å². The minimum absolute atomic E-state index is 0.0580. The number of hydrogen-bond donors (Lipinski definition) is 3. The van der Waals surface area contributed by atoms with Crippen LogP contribution in [0.5, 0.6) is 11.5 Å². The Labute approximate surface area is 203 Å². The summed E-state index contributed by atoms with van der Waals surface area (Å²) in [6.07, 6.45) is 1.98. The van der Waals surface area contributed by atoms with E-state index in [1.54, 1.807) is 42.5 Å². The van der Waals surface area contributed by atoms with Gasteiger partial charge in [-0.3, -0.25) is 4.79 Å². The van der Waals surface area contributed by atoms with Crippen molar-refractivity contribution in [1.29, 1.82) is 0 Å². The van der Waals surface area contributed by atoms with Gasteiger partial charge in [0.05, 0.1) is 5.56 Å². The third-order valence-electron chi connectivity index (χ3n) is 6.89. The van der Waals surface area contributed by atoms with Crippen LogP contribution in [-0.4, -0.2) is 5.91 Å². The highest BCUT2D eigenvalue weighted by atomic mass is 16.5. The third kappa shape index (κ3) is 5.53. The summed E-state index contributed by atoms with van der Waals surface area (Å²) in [6.45, 7) is 13.3. The number of rotatable bonds is 8. The zero-order valence-corrected chi connectivity index (χ0v) is 21.2. The Bertz CT molecular complexity index is 1160. The summed E-state index contributed by atoms with van der Waals surface area (Å²) >= 11 is 0. The molecule has 0 saturated heterocycles. The lowest BCUT2D eigenvalue weighted by molar-refractivity contribution is 0.102. The van der Waals surface area contributed by atoms with E-state index >= 15 is 0 Å². The van der Waals surface area contributed by atoms with E-state index in [1.807, 2.05) is 6.07 Å². The van der Waals surface area contributed by atoms with Gasteiger partial charge in [-0.1, -0.05) is 53.7 Å². The van der Waals surface area contributed by atoms with Gasteiger partial charge >= 0.3 is 0 Å². The van der Waals surface area contributed by atoms with Crippen LogP contribution in [-0.2, 0) is 10.8 Å². The van der Waals surface area contributed by atoms with Crippen molar-refractivity contribution in [2.75, 3.05) is 16.8 Å². The lowest BCUT2D eigenvalue weighted by Crippen LogP contribution is -2.21. The lowest BCUT2D eigenvalue weighted by Gasteiger charge is -2.30. The van der Waals surface area contributed by atoms with E-state index in [9.17, 15) is 4.79 Å². The van der Waals surface area contributed by atoms with Gasteiger partial charge in [-0.15, -0.1) is 0 Å². The number of amides is 1. The summed E-state index contributed by atoms with van der Waals surface area (Å²) in [5, 5.41) is 2.90. The molecule has 0 atom stereocenters. The van der Waals surface area contributed by atoms with Crippen molar-refractivity contribution in [3.63, 3.8) is 0 Å². The number of nitrogens with one attached hydrogen (secondary N) is 1. The van der Waals surface area contributed by atoms with Gasteiger partial charge in [-0.05, 0) is 77.8 Å². The van der Waals surface area contributed by atoms with E-state index in [0.717, 1.165) is 24.2 Å². The van der Waals surface area contributed by atoms with Crippen LogP contribution >= 0.6 is 0 Å². The molecule has 0 aliphatic heterocycles. The molecule has 180 valence electrons. The molecule has 34 heavy (non-hydrogen) atoms. The monoisotopic (exact) mass is 459 g/mol. The maximum absolute atomic E-state index is 13.1. The van der Waals surface area contributed by atoms with E-state index < -0.39 is 0 Å². The first-order valence-electron chi connectivity index (χ1n) is 11.9. The number of ether oxygens (including phenoxy) is 1. The number of hydrogen-bond acceptors (Lipinski definition) is 4. The van der Waals surface area contributed by atoms with Gasteiger partial charge in [0, 0.05) is 22.6 Å². The predicted molar refractivity (Wildman–Crippen MR) is 143 cm³/mol. The first-order valence-corrected chi connectivity index (χ1v) is 11.9. The molecule has 0 aliphatic carbocycles. The topological polar surface area (TPSA) is 90.4 Å². The summed E-state index contributed by atoms with van der Waals surface area (Å²) in [5.41, 5.74) is 16.3. The Hall–Kier alpha value is -3.47. The van der Waals surface area contributed by atoms with E-state index in [4.69, 9.17) is 16.2 Å². The van der Waals surface area contributed by atoms with E-state index in [-0.39, 0.29) is 16.7 Å². The highest BCUT2D eigenvalue weighted by Crippen LogP contribution is 2.41. The molecule has 0 saturated carbocycles. The minimum Gasteiger partial charge on any atom is -0.456 e. The van der Waals surface area contributed by atoms with Gasteiger partial charge < -0.3 is 21.5 Å². The standard InChI is InChI=1S/C29H37N3O2/c1-7-28(3,4)19-9-15-26(24(17-19)29(5,6)8-2)34-25-16-12-21(31)18-23(25)27(33)32-22-13-10-20(30)11-14-22/h9-18H,7-8,30-31H2,1-6H3,(H,32,33). The largest absolute Gasteiger partial charge is 0.456 e. The van der Waals surface area contributed by atoms with Crippen molar-refractivity contribution in [2.45, 2.75) is 65.2 Å². The maximum atomic E-state index is 13.1. The normalized spacial score (nSPS) is 11.8. The molecule has 0 spiro atoms. The number of anilines is 3. The predicted octanol–water partition coefficient (Wildman–Crippen LogP) is 7.27. The highest BCUT2D eigenvalue weighted by Gasteiger charge is 2.27. The van der Waals surface area contributed by atoms with Crippen LogP contribution in [0.1, 0.15) is 75.9 Å². The fourth-order valence-electron chi connectivity index (χ4n) is 3.66. The van der Waals surface area contributed by atoms with Crippen LogP contribution in [0.2, 0.25) is 0 Å². The van der Waals surface area contributed by atoms with Crippen LogP contribution in [0.15, 0.2) is 60.7 Å². The second-order valence-corrected chi connectivity index (χ2v) is 10.1. The van der Waals surface area contributed by atoms with Crippen molar-refractivity contribution in [2.24, 2.45) is 0 Å². The first-order chi connectivity index (χ1) is 16.0. The molecule has 0 aliphatic rings. The SMILES string of the molecule is CCC(C)(C)c1ccc(Oc2ccc(N)cc2C(=O)Nc2ccc(N)cc2)c(C(C)(C)CC)c1. The van der Waals surface area contributed by atoms with Crippen LogP contribution in [0, 0.1) is 0 Å². The number of nitrogens with two attached hydrogens (primary N) is 2. The summed E-state index contributed by atoms with van der Waals surface area (Å²) in [6, 6.07) is 18.5. The van der Waals surface area contributed by atoms with Crippen LogP contribution in [0.3, 0.4) is 0 Å². The number of carbonyl (C=O) groups is 1. The second kappa shape index (κ2) is 9.80. The van der Waals surface area contributed by atoms with Gasteiger partial charge in [-0.2, -0.15) is 0 Å². The zero-order chi connectivity index (χ0) is 25.1. The molecular weight excluding hydrogens is 422 g/mol. The summed E-state index contributed by atoms with van der Waals surface area (Å²) in [4.78, 5) is 13.1. The lowest BCUT2D eigenvalue weighted by atomic mass is 9.76. The van der Waals surface area contributed by atoms with Crippen molar-refractivity contribution >= 4 is 23.0 Å². The maximum Gasteiger partial charge on any atom is 0.259 e. The molecule has 3 rings (SSSR count). The van der Waals surface area contributed by atoms with Crippen molar-refractivity contribution in [3.8, 4) is 11.5 Å². The van der Waals surface area contributed by atoms with Gasteiger partial charge in [0.1, 0.15) is 11.5 Å². The Morgan fingerprint density at radius 2 is 1.38 bits per heavy atom.